The van der Waals surface area contributed by atoms with E-state index in [-0.39, 0.29) is 31.1 Å². The van der Waals surface area contributed by atoms with Crippen LogP contribution < -0.4 is 0 Å². The van der Waals surface area contributed by atoms with Crippen molar-refractivity contribution in [2.45, 2.75) is 368 Å². The van der Waals surface area contributed by atoms with Crippen molar-refractivity contribution in [1.82, 2.24) is 0 Å². The molecule has 0 saturated carbocycles. The van der Waals surface area contributed by atoms with Crippen LogP contribution in [0.1, 0.15) is 362 Å². The molecule has 0 heterocycles. The van der Waals surface area contributed by atoms with Crippen molar-refractivity contribution in [3.05, 3.63) is 0 Å². The maximum atomic E-state index is 12.9. The van der Waals surface area contributed by atoms with Crippen molar-refractivity contribution < 1.29 is 28.6 Å². The summed E-state index contributed by atoms with van der Waals surface area (Å²) in [6.45, 7) is 9.08. The highest BCUT2D eigenvalue weighted by atomic mass is 16.6. The molecule has 0 aromatic heterocycles. The summed E-state index contributed by atoms with van der Waals surface area (Å²) in [5, 5.41) is 0. The molecule has 0 saturated heterocycles. The van der Waals surface area contributed by atoms with Crippen LogP contribution in [0.3, 0.4) is 0 Å². The first-order valence-corrected chi connectivity index (χ1v) is 31.4. The molecule has 0 aliphatic rings. The van der Waals surface area contributed by atoms with E-state index in [9.17, 15) is 14.4 Å². The maximum Gasteiger partial charge on any atom is 0.306 e. The lowest BCUT2D eigenvalue weighted by Gasteiger charge is -2.18. The molecule has 0 amide bonds. The minimum atomic E-state index is -0.763. The second kappa shape index (κ2) is 57.3. The molecule has 0 bridgehead atoms. The van der Waals surface area contributed by atoms with Crippen LogP contribution in [0.2, 0.25) is 0 Å². The highest BCUT2D eigenvalue weighted by Gasteiger charge is 2.19. The van der Waals surface area contributed by atoms with Gasteiger partial charge < -0.3 is 14.2 Å². The molecule has 69 heavy (non-hydrogen) atoms. The minimum absolute atomic E-state index is 0.0613. The molecule has 0 aliphatic carbocycles. The summed E-state index contributed by atoms with van der Waals surface area (Å²) in [5.74, 6) is 0.0109. The third kappa shape index (κ3) is 57.2. The van der Waals surface area contributed by atoms with E-state index in [0.29, 0.717) is 19.3 Å². The van der Waals surface area contributed by atoms with Crippen LogP contribution >= 0.6 is 0 Å². The second-order valence-corrected chi connectivity index (χ2v) is 22.2. The van der Waals surface area contributed by atoms with Crippen LogP contribution in [0, 0.1) is 5.92 Å². The molecule has 0 rings (SSSR count). The van der Waals surface area contributed by atoms with Crippen LogP contribution in [0.25, 0.3) is 0 Å². The Morgan fingerprint density at radius 2 is 0.478 bits per heavy atom. The lowest BCUT2D eigenvalue weighted by Crippen LogP contribution is -2.30. The fraction of sp³-hybridized carbons (Fsp3) is 0.952. The molecular formula is C63H122O6. The lowest BCUT2D eigenvalue weighted by molar-refractivity contribution is -0.167. The topological polar surface area (TPSA) is 78.9 Å². The van der Waals surface area contributed by atoms with Gasteiger partial charge in [-0.2, -0.15) is 0 Å². The van der Waals surface area contributed by atoms with E-state index in [2.05, 4.69) is 27.7 Å². The van der Waals surface area contributed by atoms with Gasteiger partial charge in [0.15, 0.2) is 6.10 Å². The molecule has 6 nitrogen and oxygen atoms in total. The van der Waals surface area contributed by atoms with Crippen molar-refractivity contribution >= 4 is 17.9 Å². The van der Waals surface area contributed by atoms with Crippen molar-refractivity contribution in [2.24, 2.45) is 5.92 Å². The van der Waals surface area contributed by atoms with Gasteiger partial charge in [-0.25, -0.2) is 0 Å². The summed E-state index contributed by atoms with van der Waals surface area (Å²) < 4.78 is 17.0. The van der Waals surface area contributed by atoms with E-state index in [1.807, 2.05) is 0 Å². The Morgan fingerprint density at radius 1 is 0.275 bits per heavy atom. The third-order valence-electron chi connectivity index (χ3n) is 14.5. The third-order valence-corrected chi connectivity index (χ3v) is 14.5. The second-order valence-electron chi connectivity index (χ2n) is 22.2. The summed E-state index contributed by atoms with van der Waals surface area (Å²) in [6.07, 6.45) is 63.8. The molecule has 410 valence electrons. The highest BCUT2D eigenvalue weighted by Crippen LogP contribution is 2.19. The van der Waals surface area contributed by atoms with Crippen LogP contribution in [0.4, 0.5) is 0 Å². The Labute approximate surface area is 431 Å². The Bertz CT molecular complexity index is 1040. The summed E-state index contributed by atoms with van der Waals surface area (Å²) in [7, 11) is 0. The first-order chi connectivity index (χ1) is 33.9. The van der Waals surface area contributed by atoms with E-state index in [0.717, 1.165) is 63.7 Å². The van der Waals surface area contributed by atoms with E-state index in [4.69, 9.17) is 14.2 Å². The standard InChI is InChI=1S/C63H122O6/c1-5-7-9-11-13-15-17-19-21-23-25-26-30-34-38-42-46-50-54-61(64)67-57-60(58-68-62(65)55-51-47-43-39-35-32-28-29-33-37-41-45-49-53-59(3)4)69-63(66)56-52-48-44-40-36-31-27-24-22-20-18-16-14-12-10-8-6-2/h59-60H,5-58H2,1-4H3/t60-/m0/s1. The average molecular weight is 976 g/mol. The summed E-state index contributed by atoms with van der Waals surface area (Å²) in [5.41, 5.74) is 0. The summed E-state index contributed by atoms with van der Waals surface area (Å²) in [6, 6.07) is 0. The fourth-order valence-corrected chi connectivity index (χ4v) is 9.81. The minimum Gasteiger partial charge on any atom is -0.462 e. The number of esters is 3. The molecule has 0 spiro atoms. The average Bonchev–Trinajstić information content (AvgIpc) is 3.34. The molecule has 6 heteroatoms. The highest BCUT2D eigenvalue weighted by molar-refractivity contribution is 5.71. The fourth-order valence-electron chi connectivity index (χ4n) is 9.81. The summed E-state index contributed by atoms with van der Waals surface area (Å²) >= 11 is 0. The largest absolute Gasteiger partial charge is 0.462 e. The molecule has 0 aromatic carbocycles. The summed E-state index contributed by atoms with van der Waals surface area (Å²) in [4.78, 5) is 38.3. The Balaban J connectivity index is 4.29. The SMILES string of the molecule is CCCCCCCCCCCCCCCCCCCCC(=O)OC[C@@H](COC(=O)CCCCCCCCCCCCCCCC(C)C)OC(=O)CCCCCCCCCCCCCCCCCCC. The van der Waals surface area contributed by atoms with Gasteiger partial charge in [-0.3, -0.25) is 14.4 Å². The molecule has 0 radical (unpaired) electrons. The molecule has 0 aliphatic heterocycles. The zero-order valence-corrected chi connectivity index (χ0v) is 47.3. The smallest absolute Gasteiger partial charge is 0.306 e. The Kier molecular flexibility index (Phi) is 56.0. The number of hydrogen-bond donors (Lipinski definition) is 0. The van der Waals surface area contributed by atoms with Gasteiger partial charge in [-0.05, 0) is 25.2 Å². The molecule has 0 fully saturated rings. The van der Waals surface area contributed by atoms with Gasteiger partial charge in [-0.1, -0.05) is 323 Å². The Morgan fingerprint density at radius 3 is 0.710 bits per heavy atom. The van der Waals surface area contributed by atoms with Crippen molar-refractivity contribution in [3.8, 4) is 0 Å². The predicted molar refractivity (Wildman–Crippen MR) is 298 cm³/mol. The van der Waals surface area contributed by atoms with Gasteiger partial charge in [0, 0.05) is 19.3 Å². The molecule has 0 unspecified atom stereocenters. The van der Waals surface area contributed by atoms with Crippen LogP contribution in [0.15, 0.2) is 0 Å². The zero-order chi connectivity index (χ0) is 50.2. The molecule has 0 N–H and O–H groups in total. The monoisotopic (exact) mass is 975 g/mol. The molecular weight excluding hydrogens is 853 g/mol. The van der Waals surface area contributed by atoms with Gasteiger partial charge in [0.2, 0.25) is 0 Å². The van der Waals surface area contributed by atoms with Gasteiger partial charge >= 0.3 is 17.9 Å². The number of carbonyl (C=O) groups excluding carboxylic acids is 3. The van der Waals surface area contributed by atoms with E-state index in [1.54, 1.807) is 0 Å². The van der Waals surface area contributed by atoms with Crippen molar-refractivity contribution in [3.63, 3.8) is 0 Å². The van der Waals surface area contributed by atoms with Crippen molar-refractivity contribution in [2.75, 3.05) is 13.2 Å². The number of unbranched alkanes of at least 4 members (excludes halogenated alkanes) is 45. The first-order valence-electron chi connectivity index (χ1n) is 31.4. The van der Waals surface area contributed by atoms with Crippen LogP contribution in [-0.4, -0.2) is 37.2 Å². The van der Waals surface area contributed by atoms with Gasteiger partial charge in [0.05, 0.1) is 0 Å². The number of carbonyl (C=O) groups is 3. The number of ether oxygens (including phenoxy) is 3. The maximum absolute atomic E-state index is 12.9. The van der Waals surface area contributed by atoms with Gasteiger partial charge in [-0.15, -0.1) is 0 Å². The predicted octanol–water partition coefficient (Wildman–Crippen LogP) is 21.0. The van der Waals surface area contributed by atoms with Crippen LogP contribution in [-0.2, 0) is 28.6 Å². The quantitative estimate of drug-likeness (QED) is 0.0343. The molecule has 0 aromatic rings. The van der Waals surface area contributed by atoms with E-state index >= 15 is 0 Å². The van der Waals surface area contributed by atoms with Crippen molar-refractivity contribution in [1.29, 1.82) is 0 Å². The van der Waals surface area contributed by atoms with Crippen LogP contribution in [0.5, 0.6) is 0 Å². The lowest BCUT2D eigenvalue weighted by atomic mass is 10.0. The first kappa shape index (κ1) is 67.4. The normalized spacial score (nSPS) is 12.0. The van der Waals surface area contributed by atoms with Gasteiger partial charge in [0.25, 0.3) is 0 Å². The van der Waals surface area contributed by atoms with E-state index < -0.39 is 6.10 Å². The van der Waals surface area contributed by atoms with Gasteiger partial charge in [0.1, 0.15) is 13.2 Å². The van der Waals surface area contributed by atoms with E-state index in [1.165, 1.54) is 257 Å². The molecule has 1 atom stereocenters. The Hall–Kier alpha value is -1.59. The number of rotatable bonds is 58. The number of hydrogen-bond acceptors (Lipinski definition) is 6. The zero-order valence-electron chi connectivity index (χ0n) is 47.3.